The smallest absolute Gasteiger partial charge is 0.203 e. The maximum Gasteiger partial charge on any atom is 0.203 e. The van der Waals surface area contributed by atoms with E-state index in [2.05, 4.69) is 18.2 Å². The fourth-order valence-corrected chi connectivity index (χ4v) is 2.63. The zero-order chi connectivity index (χ0) is 18.2. The van der Waals surface area contributed by atoms with Gasteiger partial charge in [-0.05, 0) is 28.8 Å². The Morgan fingerprint density at radius 2 is 1.23 bits per heavy atom. The Morgan fingerprint density at radius 1 is 0.692 bits per heavy atom. The van der Waals surface area contributed by atoms with Crippen LogP contribution >= 0.6 is 0 Å². The van der Waals surface area contributed by atoms with Crippen molar-refractivity contribution in [1.29, 1.82) is 0 Å². The second-order valence-corrected chi connectivity index (χ2v) is 5.77. The van der Waals surface area contributed by atoms with Crippen molar-refractivity contribution in [2.45, 2.75) is 6.61 Å². The Hall–Kier alpha value is -3.20. The molecule has 3 aromatic rings. The molecule has 0 fully saturated rings. The van der Waals surface area contributed by atoms with Crippen LogP contribution in [0.4, 0.5) is 0 Å². The van der Waals surface area contributed by atoms with Crippen LogP contribution in [0.15, 0.2) is 72.8 Å². The molecule has 0 amide bonds. The minimum Gasteiger partial charge on any atom is -0.493 e. The van der Waals surface area contributed by atoms with E-state index in [0.29, 0.717) is 23.9 Å². The van der Waals surface area contributed by atoms with Gasteiger partial charge in [-0.3, -0.25) is 0 Å². The molecule has 3 nitrogen and oxygen atoms in total. The van der Waals surface area contributed by atoms with E-state index in [1.165, 1.54) is 0 Å². The summed E-state index contributed by atoms with van der Waals surface area (Å²) in [5.41, 5.74) is 3.20. The summed E-state index contributed by atoms with van der Waals surface area (Å²) in [5, 5.41) is 0. The van der Waals surface area contributed by atoms with Crippen LogP contribution in [-0.2, 0) is 6.61 Å². The summed E-state index contributed by atoms with van der Waals surface area (Å²) in [7, 11) is 3.27. The van der Waals surface area contributed by atoms with Crippen LogP contribution in [-0.4, -0.2) is 14.2 Å². The van der Waals surface area contributed by atoms with E-state index >= 15 is 0 Å². The average Bonchev–Trinajstić information content (AvgIpc) is 2.72. The minimum atomic E-state index is 0.451. The molecule has 0 aromatic heterocycles. The highest BCUT2D eigenvalue weighted by Crippen LogP contribution is 2.39. The predicted molar refractivity (Wildman–Crippen MR) is 106 cm³/mol. The molecule has 26 heavy (non-hydrogen) atoms. The van der Waals surface area contributed by atoms with E-state index < -0.39 is 0 Å². The van der Waals surface area contributed by atoms with Crippen molar-refractivity contribution in [3.63, 3.8) is 0 Å². The van der Waals surface area contributed by atoms with Gasteiger partial charge in [-0.2, -0.15) is 0 Å². The number of methoxy groups -OCH3 is 2. The molecule has 0 aliphatic carbocycles. The third-order valence-electron chi connectivity index (χ3n) is 3.98. The molecule has 3 heteroatoms. The van der Waals surface area contributed by atoms with Crippen molar-refractivity contribution >= 4 is 12.2 Å². The summed E-state index contributed by atoms with van der Waals surface area (Å²) >= 11 is 0. The normalized spacial score (nSPS) is 10.7. The lowest BCUT2D eigenvalue weighted by atomic mass is 10.1. The van der Waals surface area contributed by atoms with Crippen LogP contribution in [0.1, 0.15) is 16.7 Å². The fraction of sp³-hybridized carbons (Fsp3) is 0.130. The fourth-order valence-electron chi connectivity index (χ4n) is 2.63. The lowest BCUT2D eigenvalue weighted by Crippen LogP contribution is -2.00. The first-order valence-electron chi connectivity index (χ1n) is 8.46. The number of benzene rings is 3. The second-order valence-electron chi connectivity index (χ2n) is 5.77. The molecule has 3 aromatic carbocycles. The van der Waals surface area contributed by atoms with Crippen molar-refractivity contribution in [2.75, 3.05) is 14.2 Å². The SMILES string of the molecule is COc1cc(C=Cc2ccccc2)cc(OC)c1OCc1ccccc1. The van der Waals surface area contributed by atoms with Gasteiger partial charge in [0.05, 0.1) is 14.2 Å². The molecule has 0 unspecified atom stereocenters. The highest BCUT2D eigenvalue weighted by molar-refractivity contribution is 5.72. The van der Waals surface area contributed by atoms with Gasteiger partial charge in [-0.1, -0.05) is 72.8 Å². The Balaban J connectivity index is 1.84. The highest BCUT2D eigenvalue weighted by Gasteiger charge is 2.13. The van der Waals surface area contributed by atoms with Gasteiger partial charge in [0, 0.05) is 0 Å². The topological polar surface area (TPSA) is 27.7 Å². The third-order valence-corrected chi connectivity index (χ3v) is 3.98. The lowest BCUT2D eigenvalue weighted by Gasteiger charge is -2.15. The molecule has 0 radical (unpaired) electrons. The zero-order valence-corrected chi connectivity index (χ0v) is 15.0. The maximum absolute atomic E-state index is 5.98. The quantitative estimate of drug-likeness (QED) is 0.532. The lowest BCUT2D eigenvalue weighted by molar-refractivity contribution is 0.266. The predicted octanol–water partition coefficient (Wildman–Crippen LogP) is 5.45. The van der Waals surface area contributed by atoms with Gasteiger partial charge < -0.3 is 14.2 Å². The van der Waals surface area contributed by atoms with E-state index in [1.807, 2.05) is 66.7 Å². The van der Waals surface area contributed by atoms with Crippen LogP contribution in [0.5, 0.6) is 17.2 Å². The monoisotopic (exact) mass is 346 g/mol. The van der Waals surface area contributed by atoms with E-state index in [0.717, 1.165) is 16.7 Å². The number of hydrogen-bond donors (Lipinski definition) is 0. The number of hydrogen-bond acceptors (Lipinski definition) is 3. The summed E-state index contributed by atoms with van der Waals surface area (Å²) in [6.07, 6.45) is 4.08. The third kappa shape index (κ3) is 4.45. The molecule has 0 aliphatic rings. The van der Waals surface area contributed by atoms with Gasteiger partial charge in [-0.25, -0.2) is 0 Å². The first-order valence-corrected chi connectivity index (χ1v) is 8.46. The van der Waals surface area contributed by atoms with Crippen molar-refractivity contribution in [3.8, 4) is 17.2 Å². The molecule has 132 valence electrons. The van der Waals surface area contributed by atoms with Crippen molar-refractivity contribution in [1.82, 2.24) is 0 Å². The summed E-state index contributed by atoms with van der Waals surface area (Å²) in [5.74, 6) is 1.90. The Kier molecular flexibility index (Phi) is 5.94. The summed E-state index contributed by atoms with van der Waals surface area (Å²) in [6.45, 7) is 0.451. The second kappa shape index (κ2) is 8.77. The average molecular weight is 346 g/mol. The molecule has 0 atom stereocenters. The molecule has 0 saturated carbocycles. The molecular formula is C23H22O3. The molecule has 0 aliphatic heterocycles. The Bertz CT molecular complexity index is 830. The van der Waals surface area contributed by atoms with E-state index in [1.54, 1.807) is 14.2 Å². The Morgan fingerprint density at radius 3 is 1.81 bits per heavy atom. The first kappa shape index (κ1) is 17.6. The van der Waals surface area contributed by atoms with Crippen LogP contribution in [0, 0.1) is 0 Å². The van der Waals surface area contributed by atoms with E-state index in [4.69, 9.17) is 14.2 Å². The Labute approximate surface area is 154 Å². The van der Waals surface area contributed by atoms with Crippen molar-refractivity contribution in [3.05, 3.63) is 89.5 Å². The molecule has 0 N–H and O–H groups in total. The molecule has 0 saturated heterocycles. The standard InChI is InChI=1S/C23H22O3/c1-24-21-15-20(14-13-18-9-5-3-6-10-18)16-22(25-2)23(21)26-17-19-11-7-4-8-12-19/h3-16H,17H2,1-2H3. The molecule has 3 rings (SSSR count). The minimum absolute atomic E-state index is 0.451. The van der Waals surface area contributed by atoms with Gasteiger partial charge in [0.15, 0.2) is 11.5 Å². The maximum atomic E-state index is 5.98. The van der Waals surface area contributed by atoms with E-state index in [-0.39, 0.29) is 0 Å². The van der Waals surface area contributed by atoms with Crippen LogP contribution < -0.4 is 14.2 Å². The van der Waals surface area contributed by atoms with Gasteiger partial charge in [0.1, 0.15) is 6.61 Å². The highest BCUT2D eigenvalue weighted by atomic mass is 16.5. The molecule has 0 spiro atoms. The van der Waals surface area contributed by atoms with Gasteiger partial charge in [0.25, 0.3) is 0 Å². The summed E-state index contributed by atoms with van der Waals surface area (Å²) < 4.78 is 17.0. The van der Waals surface area contributed by atoms with Crippen LogP contribution in [0.3, 0.4) is 0 Å². The van der Waals surface area contributed by atoms with E-state index in [9.17, 15) is 0 Å². The first-order chi connectivity index (χ1) is 12.8. The van der Waals surface area contributed by atoms with Gasteiger partial charge in [-0.15, -0.1) is 0 Å². The summed E-state index contributed by atoms with van der Waals surface area (Å²) in [6, 6.07) is 24.1. The van der Waals surface area contributed by atoms with Crippen molar-refractivity contribution in [2.24, 2.45) is 0 Å². The molecule has 0 bridgehead atoms. The molecular weight excluding hydrogens is 324 g/mol. The largest absolute Gasteiger partial charge is 0.493 e. The zero-order valence-electron chi connectivity index (χ0n) is 15.0. The van der Waals surface area contributed by atoms with Crippen LogP contribution in [0.2, 0.25) is 0 Å². The summed E-state index contributed by atoms with van der Waals surface area (Å²) in [4.78, 5) is 0. The van der Waals surface area contributed by atoms with Crippen molar-refractivity contribution < 1.29 is 14.2 Å². The van der Waals surface area contributed by atoms with Gasteiger partial charge in [0.2, 0.25) is 5.75 Å². The van der Waals surface area contributed by atoms with Gasteiger partial charge >= 0.3 is 0 Å². The van der Waals surface area contributed by atoms with Crippen LogP contribution in [0.25, 0.3) is 12.2 Å². The number of rotatable bonds is 7. The molecule has 0 heterocycles. The number of ether oxygens (including phenoxy) is 3.